The minimum absolute atomic E-state index is 0.0151. The first-order valence-corrected chi connectivity index (χ1v) is 11.6. The molecule has 0 saturated heterocycles. The zero-order valence-corrected chi connectivity index (χ0v) is 20.4. The largest absolute Gasteiger partial charge is 0.494 e. The van der Waals surface area contributed by atoms with E-state index in [2.05, 4.69) is 4.90 Å². The number of nitrogens with zero attached hydrogens (tertiary/aromatic N) is 2. The highest BCUT2D eigenvalue weighted by molar-refractivity contribution is 6.30. The van der Waals surface area contributed by atoms with Gasteiger partial charge in [0.15, 0.2) is 11.8 Å². The van der Waals surface area contributed by atoms with Crippen molar-refractivity contribution < 1.29 is 24.9 Å². The highest BCUT2D eigenvalue weighted by Crippen LogP contribution is 2.32. The Labute approximate surface area is 204 Å². The lowest BCUT2D eigenvalue weighted by atomic mass is 9.92. The summed E-state index contributed by atoms with van der Waals surface area (Å²) in [4.78, 5) is 14.0. The number of benzene rings is 2. The van der Waals surface area contributed by atoms with Gasteiger partial charge in [0, 0.05) is 29.7 Å². The Kier molecular flexibility index (Phi) is 8.47. The highest BCUT2D eigenvalue weighted by atomic mass is 35.5. The average Bonchev–Trinajstić information content (AvgIpc) is 3.13. The summed E-state index contributed by atoms with van der Waals surface area (Å²) < 4.78 is 7.22. The number of ether oxygens (including phenoxy) is 1. The van der Waals surface area contributed by atoms with Gasteiger partial charge in [-0.25, -0.2) is 0 Å². The molecule has 7 nitrogen and oxygen atoms in total. The minimum Gasteiger partial charge on any atom is -0.494 e. The smallest absolute Gasteiger partial charge is 0.308 e. The standard InChI is InChI=1S/C26H31ClN2O5/c1-4-28(25(18(3)26(32)33)20-6-8-21(27)9-7-20)16-19-5-10-22(17(2)15-19)34-14-13-29-23(30)11-12-24(29)31/h5-12,15,18,25,30-31H,4,13-14,16H2,1-3H3,(H,32,33). The molecular weight excluding hydrogens is 456 g/mol. The topological polar surface area (TPSA) is 95.2 Å². The summed E-state index contributed by atoms with van der Waals surface area (Å²) >= 11 is 6.05. The van der Waals surface area contributed by atoms with Crippen molar-refractivity contribution >= 4 is 17.6 Å². The van der Waals surface area contributed by atoms with E-state index in [4.69, 9.17) is 16.3 Å². The number of carboxylic acids is 1. The SMILES string of the molecule is CCN(Cc1ccc(OCCn2c(O)ccc2O)c(C)c1)C(c1ccc(Cl)cc1)C(C)C(=O)O. The summed E-state index contributed by atoms with van der Waals surface area (Å²) in [5, 5.41) is 29.8. The molecule has 0 aliphatic heterocycles. The van der Waals surface area contributed by atoms with Crippen LogP contribution in [0, 0.1) is 12.8 Å². The average molecular weight is 487 g/mol. The molecule has 0 amide bonds. The van der Waals surface area contributed by atoms with E-state index in [0.29, 0.717) is 30.4 Å². The number of hydrogen-bond acceptors (Lipinski definition) is 5. The molecule has 3 N–H and O–H groups in total. The number of aryl methyl sites for hydroxylation is 1. The molecule has 1 heterocycles. The first-order valence-electron chi connectivity index (χ1n) is 11.2. The van der Waals surface area contributed by atoms with E-state index < -0.39 is 11.9 Å². The van der Waals surface area contributed by atoms with Crippen molar-refractivity contribution in [2.24, 2.45) is 5.92 Å². The number of aromatic hydroxyl groups is 2. The Balaban J connectivity index is 1.73. The van der Waals surface area contributed by atoms with Crippen LogP contribution in [0.15, 0.2) is 54.6 Å². The van der Waals surface area contributed by atoms with Gasteiger partial charge in [0.1, 0.15) is 12.4 Å². The number of aromatic nitrogens is 1. The van der Waals surface area contributed by atoms with Crippen LogP contribution >= 0.6 is 11.6 Å². The predicted molar refractivity (Wildman–Crippen MR) is 132 cm³/mol. The van der Waals surface area contributed by atoms with E-state index >= 15 is 0 Å². The third-order valence-electron chi connectivity index (χ3n) is 6.01. The molecule has 1 aromatic heterocycles. The maximum Gasteiger partial charge on any atom is 0.308 e. The van der Waals surface area contributed by atoms with Crippen LogP contribution in [0.2, 0.25) is 5.02 Å². The van der Waals surface area contributed by atoms with Crippen LogP contribution in [0.4, 0.5) is 0 Å². The van der Waals surface area contributed by atoms with Crippen LogP contribution in [0.3, 0.4) is 0 Å². The van der Waals surface area contributed by atoms with E-state index in [1.54, 1.807) is 19.1 Å². The van der Waals surface area contributed by atoms with E-state index in [9.17, 15) is 20.1 Å². The molecule has 0 saturated carbocycles. The number of aliphatic carboxylic acids is 1. The van der Waals surface area contributed by atoms with Gasteiger partial charge < -0.3 is 20.1 Å². The van der Waals surface area contributed by atoms with Crippen LogP contribution in [-0.2, 0) is 17.9 Å². The molecular formula is C26H31ClN2O5. The van der Waals surface area contributed by atoms with E-state index in [1.807, 2.05) is 44.2 Å². The molecule has 182 valence electrons. The fourth-order valence-corrected chi connectivity index (χ4v) is 4.27. The van der Waals surface area contributed by atoms with Crippen LogP contribution in [0.1, 0.15) is 36.6 Å². The van der Waals surface area contributed by atoms with Gasteiger partial charge in [-0.3, -0.25) is 14.3 Å². The molecule has 0 fully saturated rings. The van der Waals surface area contributed by atoms with Crippen molar-refractivity contribution in [1.29, 1.82) is 0 Å². The van der Waals surface area contributed by atoms with Crippen molar-refractivity contribution in [3.8, 4) is 17.5 Å². The molecule has 0 radical (unpaired) electrons. The molecule has 0 bridgehead atoms. The van der Waals surface area contributed by atoms with E-state index in [-0.39, 0.29) is 24.4 Å². The lowest BCUT2D eigenvalue weighted by Gasteiger charge is -2.34. The van der Waals surface area contributed by atoms with Crippen molar-refractivity contribution in [3.05, 3.63) is 76.3 Å². The first kappa shape index (κ1) is 25.5. The molecule has 3 aromatic rings. The zero-order chi connectivity index (χ0) is 24.8. The molecule has 0 spiro atoms. The van der Waals surface area contributed by atoms with Crippen LogP contribution < -0.4 is 4.74 Å². The summed E-state index contributed by atoms with van der Waals surface area (Å²) in [7, 11) is 0. The first-order chi connectivity index (χ1) is 16.2. The number of hydrogen-bond donors (Lipinski definition) is 3. The summed E-state index contributed by atoms with van der Waals surface area (Å²) in [5.41, 5.74) is 2.90. The fourth-order valence-electron chi connectivity index (χ4n) is 4.15. The van der Waals surface area contributed by atoms with E-state index in [1.165, 1.54) is 16.7 Å². The van der Waals surface area contributed by atoms with Gasteiger partial charge in [0.05, 0.1) is 12.5 Å². The Hall–Kier alpha value is -3.16. The van der Waals surface area contributed by atoms with Crippen molar-refractivity contribution in [2.45, 2.75) is 39.9 Å². The normalized spacial score (nSPS) is 13.1. The lowest BCUT2D eigenvalue weighted by molar-refractivity contribution is -0.143. The maximum atomic E-state index is 11.9. The summed E-state index contributed by atoms with van der Waals surface area (Å²) in [6.07, 6.45) is 0. The predicted octanol–water partition coefficient (Wildman–Crippen LogP) is 5.22. The van der Waals surface area contributed by atoms with Gasteiger partial charge in [-0.2, -0.15) is 0 Å². The number of rotatable bonds is 11. The molecule has 2 atom stereocenters. The third kappa shape index (κ3) is 6.04. The fraction of sp³-hybridized carbons (Fsp3) is 0.346. The van der Waals surface area contributed by atoms with Crippen molar-refractivity contribution in [2.75, 3.05) is 13.2 Å². The number of carboxylic acid groups (broad SMARTS) is 1. The maximum absolute atomic E-state index is 11.9. The monoisotopic (exact) mass is 486 g/mol. The lowest BCUT2D eigenvalue weighted by Crippen LogP contribution is -2.35. The molecule has 0 aliphatic carbocycles. The summed E-state index contributed by atoms with van der Waals surface area (Å²) in [6, 6.07) is 15.8. The van der Waals surface area contributed by atoms with Crippen molar-refractivity contribution in [1.82, 2.24) is 9.47 Å². The third-order valence-corrected chi connectivity index (χ3v) is 6.26. The Morgan fingerprint density at radius 2 is 1.74 bits per heavy atom. The summed E-state index contributed by atoms with van der Waals surface area (Å²) in [5.74, 6) is -0.771. The quantitative estimate of drug-likeness (QED) is 0.344. The molecule has 8 heteroatoms. The van der Waals surface area contributed by atoms with Gasteiger partial charge in [-0.15, -0.1) is 0 Å². The van der Waals surface area contributed by atoms with Gasteiger partial charge in [-0.05, 0) is 48.4 Å². The van der Waals surface area contributed by atoms with Gasteiger partial charge in [0.25, 0.3) is 0 Å². The van der Waals surface area contributed by atoms with Crippen LogP contribution in [0.5, 0.6) is 17.5 Å². The number of halogens is 1. The number of carbonyl (C=O) groups is 1. The Bertz CT molecular complexity index is 1090. The second-order valence-corrected chi connectivity index (χ2v) is 8.77. The summed E-state index contributed by atoms with van der Waals surface area (Å²) in [6.45, 7) is 7.55. The van der Waals surface area contributed by atoms with E-state index in [0.717, 1.165) is 16.7 Å². The van der Waals surface area contributed by atoms with Gasteiger partial charge >= 0.3 is 5.97 Å². The van der Waals surface area contributed by atoms with Gasteiger partial charge in [-0.1, -0.05) is 49.7 Å². The minimum atomic E-state index is -0.849. The Morgan fingerprint density at radius 3 is 2.29 bits per heavy atom. The highest BCUT2D eigenvalue weighted by Gasteiger charge is 2.30. The Morgan fingerprint density at radius 1 is 1.09 bits per heavy atom. The van der Waals surface area contributed by atoms with Crippen LogP contribution in [-0.4, -0.2) is 43.9 Å². The van der Waals surface area contributed by atoms with Gasteiger partial charge in [0.2, 0.25) is 0 Å². The molecule has 0 aliphatic rings. The molecule has 34 heavy (non-hydrogen) atoms. The second-order valence-electron chi connectivity index (χ2n) is 8.34. The zero-order valence-electron chi connectivity index (χ0n) is 19.6. The second kappa shape index (κ2) is 11.3. The van der Waals surface area contributed by atoms with Crippen LogP contribution in [0.25, 0.3) is 0 Å². The molecule has 2 unspecified atom stereocenters. The molecule has 2 aromatic carbocycles. The van der Waals surface area contributed by atoms with Crippen molar-refractivity contribution in [3.63, 3.8) is 0 Å². The molecule has 3 rings (SSSR count).